The van der Waals surface area contributed by atoms with Crippen LogP contribution in [0.3, 0.4) is 0 Å². The van der Waals surface area contributed by atoms with Gasteiger partial charge >= 0.3 is 0 Å². The lowest BCUT2D eigenvalue weighted by Gasteiger charge is -2.31. The van der Waals surface area contributed by atoms with Crippen LogP contribution in [0.4, 0.5) is 0 Å². The first-order chi connectivity index (χ1) is 11.1. The minimum Gasteiger partial charge on any atom is -0.364 e. The van der Waals surface area contributed by atoms with Crippen LogP contribution in [0.2, 0.25) is 0 Å². The summed E-state index contributed by atoms with van der Waals surface area (Å²) in [6, 6.07) is 1.69. The van der Waals surface area contributed by atoms with Crippen molar-refractivity contribution in [2.24, 2.45) is 17.6 Å². The lowest BCUT2D eigenvalue weighted by molar-refractivity contribution is -0.138. The molecule has 1 saturated heterocycles. The molecular weight excluding hydrogens is 292 g/mol. The van der Waals surface area contributed by atoms with Crippen LogP contribution in [-0.2, 0) is 11.2 Å². The SMILES string of the molecule is NC(=O)c1cc(C[C@H]2CCCN(C(=O)C3CCC3)CC2)ncn1. The van der Waals surface area contributed by atoms with Crippen LogP contribution >= 0.6 is 0 Å². The first kappa shape index (κ1) is 15.9. The van der Waals surface area contributed by atoms with Gasteiger partial charge in [-0.25, -0.2) is 9.97 Å². The fraction of sp³-hybridized carbons (Fsp3) is 0.647. The highest BCUT2D eigenvalue weighted by atomic mass is 16.2. The predicted molar refractivity (Wildman–Crippen MR) is 85.5 cm³/mol. The third kappa shape index (κ3) is 3.86. The first-order valence-electron chi connectivity index (χ1n) is 8.53. The highest BCUT2D eigenvalue weighted by molar-refractivity contribution is 5.90. The topological polar surface area (TPSA) is 89.2 Å². The van der Waals surface area contributed by atoms with Crippen molar-refractivity contribution in [1.29, 1.82) is 0 Å². The zero-order chi connectivity index (χ0) is 16.2. The molecular formula is C17H24N4O2. The van der Waals surface area contributed by atoms with Gasteiger partial charge in [0.25, 0.3) is 5.91 Å². The maximum absolute atomic E-state index is 12.4. The molecule has 1 saturated carbocycles. The number of rotatable bonds is 4. The zero-order valence-electron chi connectivity index (χ0n) is 13.4. The number of amides is 2. The number of aromatic nitrogens is 2. The molecule has 2 aliphatic rings. The average Bonchev–Trinajstić information content (AvgIpc) is 2.71. The van der Waals surface area contributed by atoms with Gasteiger partial charge in [-0.1, -0.05) is 6.42 Å². The molecule has 0 aromatic carbocycles. The lowest BCUT2D eigenvalue weighted by atomic mass is 9.84. The van der Waals surface area contributed by atoms with E-state index in [4.69, 9.17) is 5.73 Å². The second kappa shape index (κ2) is 7.06. The van der Waals surface area contributed by atoms with Gasteiger partial charge in [-0.15, -0.1) is 0 Å². The summed E-state index contributed by atoms with van der Waals surface area (Å²) in [7, 11) is 0. The van der Waals surface area contributed by atoms with Crippen LogP contribution < -0.4 is 5.73 Å². The third-order valence-electron chi connectivity index (χ3n) is 5.09. The summed E-state index contributed by atoms with van der Waals surface area (Å²) in [6.07, 6.45) is 8.66. The van der Waals surface area contributed by atoms with Crippen LogP contribution in [0.25, 0.3) is 0 Å². The van der Waals surface area contributed by atoms with Crippen LogP contribution in [0, 0.1) is 11.8 Å². The van der Waals surface area contributed by atoms with Crippen LogP contribution in [0.5, 0.6) is 0 Å². The Morgan fingerprint density at radius 1 is 1.13 bits per heavy atom. The second-order valence-electron chi connectivity index (χ2n) is 6.71. The highest BCUT2D eigenvalue weighted by Gasteiger charge is 2.30. The summed E-state index contributed by atoms with van der Waals surface area (Å²) in [5, 5.41) is 0. The molecule has 1 atom stereocenters. The molecule has 2 amide bonds. The molecule has 1 aromatic heterocycles. The summed E-state index contributed by atoms with van der Waals surface area (Å²) in [5.74, 6) is 0.609. The Balaban J connectivity index is 1.56. The molecule has 0 bridgehead atoms. The number of carbonyl (C=O) groups excluding carboxylic acids is 2. The van der Waals surface area contributed by atoms with E-state index in [1.54, 1.807) is 6.07 Å². The standard InChI is InChI=1S/C17H24N4O2/c18-16(22)15-10-14(19-11-20-15)9-12-3-2-7-21(8-6-12)17(23)13-4-1-5-13/h10-13H,1-9H2,(H2,18,22)/t12-/m0/s1. The smallest absolute Gasteiger partial charge is 0.267 e. The van der Waals surface area contributed by atoms with Gasteiger partial charge in [0, 0.05) is 24.7 Å². The fourth-order valence-electron chi connectivity index (χ4n) is 3.44. The molecule has 0 unspecified atom stereocenters. The number of likely N-dealkylation sites (tertiary alicyclic amines) is 1. The van der Waals surface area contributed by atoms with Gasteiger partial charge in [-0.3, -0.25) is 9.59 Å². The van der Waals surface area contributed by atoms with E-state index in [2.05, 4.69) is 14.9 Å². The second-order valence-corrected chi connectivity index (χ2v) is 6.71. The van der Waals surface area contributed by atoms with Gasteiger partial charge in [0.05, 0.1) is 0 Å². The van der Waals surface area contributed by atoms with Crippen molar-refractivity contribution in [3.8, 4) is 0 Å². The van der Waals surface area contributed by atoms with Crippen molar-refractivity contribution in [2.45, 2.75) is 44.9 Å². The van der Waals surface area contributed by atoms with Crippen LogP contribution in [0.1, 0.15) is 54.7 Å². The Labute approximate surface area is 136 Å². The van der Waals surface area contributed by atoms with Gasteiger partial charge in [0.2, 0.25) is 5.91 Å². The summed E-state index contributed by atoms with van der Waals surface area (Å²) in [5.41, 5.74) is 6.39. The molecule has 3 rings (SSSR count). The molecule has 2 heterocycles. The Bertz CT molecular complexity index is 586. The molecule has 6 heteroatoms. The normalized spacial score (nSPS) is 22.3. The Kier molecular flexibility index (Phi) is 4.88. The number of carbonyl (C=O) groups is 2. The monoisotopic (exact) mass is 316 g/mol. The molecule has 0 spiro atoms. The van der Waals surface area contributed by atoms with E-state index < -0.39 is 5.91 Å². The number of nitrogens with two attached hydrogens (primary N) is 1. The fourth-order valence-corrected chi connectivity index (χ4v) is 3.44. The Hall–Kier alpha value is -1.98. The van der Waals surface area contributed by atoms with E-state index in [9.17, 15) is 9.59 Å². The molecule has 23 heavy (non-hydrogen) atoms. The van der Waals surface area contributed by atoms with E-state index in [0.29, 0.717) is 11.8 Å². The maximum Gasteiger partial charge on any atom is 0.267 e. The number of hydrogen-bond donors (Lipinski definition) is 1. The highest BCUT2D eigenvalue weighted by Crippen LogP contribution is 2.30. The molecule has 1 aliphatic carbocycles. The quantitative estimate of drug-likeness (QED) is 0.912. The molecule has 2 N–H and O–H groups in total. The van der Waals surface area contributed by atoms with Gasteiger partial charge in [-0.2, -0.15) is 0 Å². The molecule has 1 aliphatic heterocycles. The summed E-state index contributed by atoms with van der Waals surface area (Å²) in [4.78, 5) is 33.8. The molecule has 124 valence electrons. The minimum atomic E-state index is -0.521. The molecule has 2 fully saturated rings. The molecule has 6 nitrogen and oxygen atoms in total. The average molecular weight is 316 g/mol. The van der Waals surface area contributed by atoms with E-state index in [1.165, 1.54) is 12.7 Å². The lowest BCUT2D eigenvalue weighted by Crippen LogP contribution is -2.39. The maximum atomic E-state index is 12.4. The summed E-state index contributed by atoms with van der Waals surface area (Å²) < 4.78 is 0. The molecule has 1 aromatic rings. The number of nitrogens with zero attached hydrogens (tertiary/aromatic N) is 3. The van der Waals surface area contributed by atoms with Crippen molar-refractivity contribution in [3.63, 3.8) is 0 Å². The summed E-state index contributed by atoms with van der Waals surface area (Å²) >= 11 is 0. The van der Waals surface area contributed by atoms with Gasteiger partial charge < -0.3 is 10.6 Å². The van der Waals surface area contributed by atoms with Gasteiger partial charge in [0.1, 0.15) is 12.0 Å². The van der Waals surface area contributed by atoms with Crippen molar-refractivity contribution >= 4 is 11.8 Å². The van der Waals surface area contributed by atoms with E-state index >= 15 is 0 Å². The van der Waals surface area contributed by atoms with Crippen LogP contribution in [0.15, 0.2) is 12.4 Å². The first-order valence-corrected chi connectivity index (χ1v) is 8.53. The van der Waals surface area contributed by atoms with Gasteiger partial charge in [0.15, 0.2) is 0 Å². The summed E-state index contributed by atoms with van der Waals surface area (Å²) in [6.45, 7) is 1.72. The van der Waals surface area contributed by atoms with E-state index in [1.807, 2.05) is 0 Å². The third-order valence-corrected chi connectivity index (χ3v) is 5.09. The number of hydrogen-bond acceptors (Lipinski definition) is 4. The number of primary amides is 1. The van der Waals surface area contributed by atoms with Gasteiger partial charge in [-0.05, 0) is 50.5 Å². The Morgan fingerprint density at radius 2 is 1.96 bits per heavy atom. The predicted octanol–water partition coefficient (Wildman–Crippen LogP) is 1.55. The Morgan fingerprint density at radius 3 is 2.65 bits per heavy atom. The van der Waals surface area contributed by atoms with Crippen LogP contribution in [-0.4, -0.2) is 39.8 Å². The zero-order valence-corrected chi connectivity index (χ0v) is 13.4. The van der Waals surface area contributed by atoms with Crippen molar-refractivity contribution in [1.82, 2.24) is 14.9 Å². The molecule has 0 radical (unpaired) electrons. The van der Waals surface area contributed by atoms with Crippen molar-refractivity contribution in [2.75, 3.05) is 13.1 Å². The van der Waals surface area contributed by atoms with Crippen molar-refractivity contribution in [3.05, 3.63) is 23.8 Å². The largest absolute Gasteiger partial charge is 0.364 e. The minimum absolute atomic E-state index is 0.269. The van der Waals surface area contributed by atoms with E-state index in [-0.39, 0.29) is 11.6 Å². The van der Waals surface area contributed by atoms with Crippen molar-refractivity contribution < 1.29 is 9.59 Å². The van der Waals surface area contributed by atoms with E-state index in [0.717, 1.165) is 57.3 Å².